The van der Waals surface area contributed by atoms with Gasteiger partial charge in [0.15, 0.2) is 0 Å². The zero-order valence-electron chi connectivity index (χ0n) is 10.5. The normalized spacial score (nSPS) is 26.6. The molecule has 1 saturated heterocycles. The molecule has 0 aromatic carbocycles. The molecule has 0 amide bonds. The summed E-state index contributed by atoms with van der Waals surface area (Å²) in [7, 11) is 0. The van der Waals surface area contributed by atoms with Crippen molar-refractivity contribution in [3.63, 3.8) is 0 Å². The van der Waals surface area contributed by atoms with Crippen molar-refractivity contribution in [1.82, 2.24) is 10.2 Å². The molecule has 0 atom stereocenters. The van der Waals surface area contributed by atoms with Gasteiger partial charge < -0.3 is 5.32 Å². The molecule has 2 rings (SSSR count). The van der Waals surface area contributed by atoms with E-state index < -0.39 is 0 Å². The van der Waals surface area contributed by atoms with Crippen molar-refractivity contribution in [2.75, 3.05) is 19.6 Å². The summed E-state index contributed by atoms with van der Waals surface area (Å²) < 4.78 is 0. The lowest BCUT2D eigenvalue weighted by atomic mass is 9.91. The maximum absolute atomic E-state index is 3.59. The van der Waals surface area contributed by atoms with Gasteiger partial charge in [-0.25, -0.2) is 0 Å². The minimum Gasteiger partial charge on any atom is -0.309 e. The van der Waals surface area contributed by atoms with Crippen molar-refractivity contribution >= 4 is 24.8 Å². The Morgan fingerprint density at radius 1 is 1.06 bits per heavy atom. The van der Waals surface area contributed by atoms with Crippen LogP contribution in [0.4, 0.5) is 0 Å². The predicted octanol–water partition coefficient (Wildman–Crippen LogP) is 2.85. The van der Waals surface area contributed by atoms with Crippen molar-refractivity contribution < 1.29 is 0 Å². The zero-order valence-corrected chi connectivity index (χ0v) is 12.1. The molecule has 0 aromatic rings. The molecule has 1 saturated carbocycles. The number of rotatable bonds is 1. The van der Waals surface area contributed by atoms with E-state index in [2.05, 4.69) is 24.1 Å². The zero-order chi connectivity index (χ0) is 10.0. The second-order valence-electron chi connectivity index (χ2n) is 5.57. The molecule has 0 aromatic heterocycles. The predicted molar refractivity (Wildman–Crippen MR) is 75.0 cm³/mol. The van der Waals surface area contributed by atoms with E-state index in [0.717, 1.165) is 6.04 Å². The summed E-state index contributed by atoms with van der Waals surface area (Å²) in [5.74, 6) is 0. The SMILES string of the molecule is CC1(C)CN(C2CCCCC2)CCN1.Cl.Cl. The number of nitrogens with zero attached hydrogens (tertiary/aromatic N) is 1. The van der Waals surface area contributed by atoms with E-state index in [9.17, 15) is 0 Å². The van der Waals surface area contributed by atoms with Gasteiger partial charge in [-0.1, -0.05) is 19.3 Å². The van der Waals surface area contributed by atoms with Crippen molar-refractivity contribution in [3.8, 4) is 0 Å². The highest BCUT2D eigenvalue weighted by Crippen LogP contribution is 2.24. The van der Waals surface area contributed by atoms with Gasteiger partial charge >= 0.3 is 0 Å². The fourth-order valence-corrected chi connectivity index (χ4v) is 2.94. The molecule has 2 fully saturated rings. The van der Waals surface area contributed by atoms with E-state index in [-0.39, 0.29) is 24.8 Å². The van der Waals surface area contributed by atoms with Gasteiger partial charge in [-0.2, -0.15) is 0 Å². The molecule has 0 unspecified atom stereocenters. The number of piperazine rings is 1. The van der Waals surface area contributed by atoms with Gasteiger partial charge in [0.1, 0.15) is 0 Å². The molecule has 1 aliphatic carbocycles. The Morgan fingerprint density at radius 3 is 2.25 bits per heavy atom. The third-order valence-electron chi connectivity index (χ3n) is 3.69. The molecule has 2 aliphatic rings. The minimum atomic E-state index is 0. The number of nitrogens with one attached hydrogen (secondary N) is 1. The van der Waals surface area contributed by atoms with E-state index in [0.29, 0.717) is 5.54 Å². The number of hydrogen-bond donors (Lipinski definition) is 1. The smallest absolute Gasteiger partial charge is 0.0252 e. The highest BCUT2D eigenvalue weighted by molar-refractivity contribution is 5.85. The molecule has 98 valence electrons. The number of halogens is 2. The standard InChI is InChI=1S/C12H24N2.2ClH/c1-12(2)10-14(9-8-13-12)11-6-4-3-5-7-11;;/h11,13H,3-10H2,1-2H3;2*1H. The van der Waals surface area contributed by atoms with Gasteiger partial charge in [-0.05, 0) is 26.7 Å². The van der Waals surface area contributed by atoms with E-state index in [1.54, 1.807) is 0 Å². The van der Waals surface area contributed by atoms with E-state index >= 15 is 0 Å². The van der Waals surface area contributed by atoms with Crippen LogP contribution in [0.3, 0.4) is 0 Å². The second-order valence-corrected chi connectivity index (χ2v) is 5.57. The lowest BCUT2D eigenvalue weighted by molar-refractivity contribution is 0.0879. The molecular weight excluding hydrogens is 243 g/mol. The molecular formula is C12H26Cl2N2. The van der Waals surface area contributed by atoms with Crippen LogP contribution in [0.2, 0.25) is 0 Å². The van der Waals surface area contributed by atoms with Gasteiger partial charge in [-0.15, -0.1) is 24.8 Å². The first-order valence-corrected chi connectivity index (χ1v) is 6.16. The quantitative estimate of drug-likeness (QED) is 0.787. The Bertz CT molecular complexity index is 191. The molecule has 0 spiro atoms. The van der Waals surface area contributed by atoms with Gasteiger partial charge in [-0.3, -0.25) is 4.90 Å². The van der Waals surface area contributed by atoms with E-state index in [1.807, 2.05) is 0 Å². The van der Waals surface area contributed by atoms with Gasteiger partial charge in [0.25, 0.3) is 0 Å². The van der Waals surface area contributed by atoms with Gasteiger partial charge in [0.2, 0.25) is 0 Å². The van der Waals surface area contributed by atoms with Crippen LogP contribution < -0.4 is 5.32 Å². The van der Waals surface area contributed by atoms with Gasteiger partial charge in [0, 0.05) is 31.2 Å². The van der Waals surface area contributed by atoms with Gasteiger partial charge in [0.05, 0.1) is 0 Å². The monoisotopic (exact) mass is 268 g/mol. The van der Waals surface area contributed by atoms with Crippen molar-refractivity contribution in [2.45, 2.75) is 57.5 Å². The highest BCUT2D eigenvalue weighted by Gasteiger charge is 2.30. The maximum Gasteiger partial charge on any atom is 0.0252 e. The third kappa shape index (κ3) is 4.40. The first kappa shape index (κ1) is 16.5. The summed E-state index contributed by atoms with van der Waals surface area (Å²) in [6, 6.07) is 0.894. The third-order valence-corrected chi connectivity index (χ3v) is 3.69. The van der Waals surface area contributed by atoms with Crippen LogP contribution in [-0.4, -0.2) is 36.1 Å². The summed E-state index contributed by atoms with van der Waals surface area (Å²) in [5, 5.41) is 3.59. The largest absolute Gasteiger partial charge is 0.309 e. The summed E-state index contributed by atoms with van der Waals surface area (Å²) >= 11 is 0. The molecule has 16 heavy (non-hydrogen) atoms. The van der Waals surface area contributed by atoms with Crippen molar-refractivity contribution in [2.24, 2.45) is 0 Å². The molecule has 0 bridgehead atoms. The maximum atomic E-state index is 3.59. The van der Waals surface area contributed by atoms with Crippen molar-refractivity contribution in [1.29, 1.82) is 0 Å². The fourth-order valence-electron chi connectivity index (χ4n) is 2.94. The van der Waals surface area contributed by atoms with Crippen LogP contribution in [0.5, 0.6) is 0 Å². The topological polar surface area (TPSA) is 15.3 Å². The summed E-state index contributed by atoms with van der Waals surface area (Å²) in [4.78, 5) is 2.72. The van der Waals surface area contributed by atoms with Crippen LogP contribution in [-0.2, 0) is 0 Å². The van der Waals surface area contributed by atoms with Crippen LogP contribution in [0, 0.1) is 0 Å². The summed E-state index contributed by atoms with van der Waals surface area (Å²) in [6.45, 7) is 8.30. The van der Waals surface area contributed by atoms with E-state index in [4.69, 9.17) is 0 Å². The molecule has 1 N–H and O–H groups in total. The number of hydrogen-bond acceptors (Lipinski definition) is 2. The minimum absolute atomic E-state index is 0. The lowest BCUT2D eigenvalue weighted by Gasteiger charge is -2.44. The Hall–Kier alpha value is 0.500. The lowest BCUT2D eigenvalue weighted by Crippen LogP contribution is -2.59. The van der Waals surface area contributed by atoms with E-state index in [1.165, 1.54) is 51.7 Å². The second kappa shape index (κ2) is 7.05. The Kier molecular flexibility index (Phi) is 7.27. The molecule has 2 nitrogen and oxygen atoms in total. The molecule has 1 heterocycles. The van der Waals surface area contributed by atoms with Crippen LogP contribution in [0.25, 0.3) is 0 Å². The molecule has 0 radical (unpaired) electrons. The fraction of sp³-hybridized carbons (Fsp3) is 1.00. The summed E-state index contributed by atoms with van der Waals surface area (Å²) in [6.07, 6.45) is 7.25. The highest BCUT2D eigenvalue weighted by atomic mass is 35.5. The molecule has 4 heteroatoms. The molecule has 1 aliphatic heterocycles. The Balaban J connectivity index is 0.00000112. The summed E-state index contributed by atoms with van der Waals surface area (Å²) in [5.41, 5.74) is 0.329. The average molecular weight is 269 g/mol. The first-order valence-electron chi connectivity index (χ1n) is 6.16. The van der Waals surface area contributed by atoms with Crippen LogP contribution in [0.15, 0.2) is 0 Å². The van der Waals surface area contributed by atoms with Crippen LogP contribution >= 0.6 is 24.8 Å². The first-order chi connectivity index (χ1) is 6.67. The Morgan fingerprint density at radius 2 is 1.69 bits per heavy atom. The van der Waals surface area contributed by atoms with Crippen LogP contribution in [0.1, 0.15) is 46.0 Å². The Labute approximate surface area is 112 Å². The van der Waals surface area contributed by atoms with Crippen molar-refractivity contribution in [3.05, 3.63) is 0 Å². The average Bonchev–Trinajstić information content (AvgIpc) is 2.18.